The first-order valence-electron chi connectivity index (χ1n) is 9.73. The van der Waals surface area contributed by atoms with E-state index in [-0.39, 0.29) is 44.2 Å². The number of piperazine rings is 1. The average Bonchev–Trinajstić information content (AvgIpc) is 2.78. The van der Waals surface area contributed by atoms with E-state index in [9.17, 15) is 28.1 Å². The molecule has 32 heavy (non-hydrogen) atoms. The Kier molecular flexibility index (Phi) is 6.75. The van der Waals surface area contributed by atoms with Crippen LogP contribution < -0.4 is 14.4 Å². The minimum absolute atomic E-state index is 0.104. The SMILES string of the molecule is COc1ccc(CC(=O)N2CCN(c3ccc(C(F)(F)F)cc3[N+](=O)[O-])CC2)c(OC)c1. The number of nitro benzene ring substituents is 1. The van der Waals surface area contributed by atoms with Gasteiger partial charge in [-0.05, 0) is 18.2 Å². The summed E-state index contributed by atoms with van der Waals surface area (Å²) in [6.45, 7) is 1.10. The molecule has 0 atom stereocenters. The zero-order chi connectivity index (χ0) is 23.5. The Morgan fingerprint density at radius 2 is 1.75 bits per heavy atom. The Labute approximate surface area is 182 Å². The number of carbonyl (C=O) groups excluding carboxylic acids is 1. The Morgan fingerprint density at radius 3 is 2.31 bits per heavy atom. The molecule has 1 aliphatic heterocycles. The lowest BCUT2D eigenvalue weighted by atomic mass is 10.1. The van der Waals surface area contributed by atoms with E-state index in [1.807, 2.05) is 0 Å². The summed E-state index contributed by atoms with van der Waals surface area (Å²) >= 11 is 0. The molecule has 1 fully saturated rings. The lowest BCUT2D eigenvalue weighted by Crippen LogP contribution is -2.49. The molecule has 0 bridgehead atoms. The summed E-state index contributed by atoms with van der Waals surface area (Å²) in [4.78, 5) is 26.5. The molecule has 0 aliphatic carbocycles. The average molecular weight is 453 g/mol. The van der Waals surface area contributed by atoms with Gasteiger partial charge in [-0.1, -0.05) is 6.07 Å². The standard InChI is InChI=1S/C21H22F3N3O5/c1-31-16-5-3-14(19(13-16)32-2)11-20(28)26-9-7-25(8-10-26)17-6-4-15(21(22,23)24)12-18(17)27(29)30/h3-6,12-13H,7-11H2,1-2H3. The van der Waals surface area contributed by atoms with Crippen LogP contribution in [0.4, 0.5) is 24.5 Å². The molecule has 1 saturated heterocycles. The van der Waals surface area contributed by atoms with Gasteiger partial charge in [-0.3, -0.25) is 14.9 Å². The number of amides is 1. The van der Waals surface area contributed by atoms with E-state index in [4.69, 9.17) is 9.47 Å². The number of hydrogen-bond donors (Lipinski definition) is 0. The van der Waals surface area contributed by atoms with E-state index in [1.54, 1.807) is 28.0 Å². The molecular formula is C21H22F3N3O5. The van der Waals surface area contributed by atoms with Gasteiger partial charge < -0.3 is 19.3 Å². The second-order valence-electron chi connectivity index (χ2n) is 7.18. The van der Waals surface area contributed by atoms with Gasteiger partial charge in [0, 0.05) is 43.9 Å². The molecule has 172 valence electrons. The molecule has 3 rings (SSSR count). The molecule has 0 aromatic heterocycles. The van der Waals surface area contributed by atoms with Crippen LogP contribution in [0.2, 0.25) is 0 Å². The summed E-state index contributed by atoms with van der Waals surface area (Å²) in [6.07, 6.45) is -4.56. The summed E-state index contributed by atoms with van der Waals surface area (Å²) < 4.78 is 49.2. The fourth-order valence-corrected chi connectivity index (χ4v) is 3.58. The fraction of sp³-hybridized carbons (Fsp3) is 0.381. The summed E-state index contributed by atoms with van der Waals surface area (Å²) in [5, 5.41) is 11.4. The highest BCUT2D eigenvalue weighted by Gasteiger charge is 2.34. The summed E-state index contributed by atoms with van der Waals surface area (Å²) in [5.41, 5.74) is -0.885. The fourth-order valence-electron chi connectivity index (χ4n) is 3.58. The maximum Gasteiger partial charge on any atom is 0.416 e. The lowest BCUT2D eigenvalue weighted by molar-refractivity contribution is -0.384. The molecule has 1 heterocycles. The maximum absolute atomic E-state index is 12.9. The van der Waals surface area contributed by atoms with E-state index in [1.165, 1.54) is 14.2 Å². The van der Waals surface area contributed by atoms with Gasteiger partial charge in [0.05, 0.1) is 31.1 Å². The highest BCUT2D eigenvalue weighted by atomic mass is 19.4. The number of nitrogens with zero attached hydrogens (tertiary/aromatic N) is 3. The van der Waals surface area contributed by atoms with Gasteiger partial charge >= 0.3 is 6.18 Å². The van der Waals surface area contributed by atoms with E-state index in [2.05, 4.69) is 0 Å². The van der Waals surface area contributed by atoms with Gasteiger partial charge in [0.2, 0.25) is 5.91 Å². The van der Waals surface area contributed by atoms with Crippen molar-refractivity contribution < 1.29 is 32.4 Å². The van der Waals surface area contributed by atoms with Crippen molar-refractivity contribution in [1.82, 2.24) is 4.90 Å². The number of rotatable bonds is 6. The molecular weight excluding hydrogens is 431 g/mol. The van der Waals surface area contributed by atoms with Crippen LogP contribution >= 0.6 is 0 Å². The molecule has 11 heteroatoms. The number of carbonyl (C=O) groups is 1. The predicted molar refractivity (Wildman–Crippen MR) is 110 cm³/mol. The summed E-state index contributed by atoms with van der Waals surface area (Å²) in [5.74, 6) is 0.983. The smallest absolute Gasteiger partial charge is 0.416 e. The predicted octanol–water partition coefficient (Wildman–Crippen LogP) is 3.52. The van der Waals surface area contributed by atoms with Crippen molar-refractivity contribution in [3.05, 3.63) is 57.6 Å². The van der Waals surface area contributed by atoms with Crippen molar-refractivity contribution in [2.24, 2.45) is 0 Å². The number of ether oxygens (including phenoxy) is 2. The Bertz CT molecular complexity index is 1000. The normalized spacial score (nSPS) is 14.3. The van der Waals surface area contributed by atoms with Crippen molar-refractivity contribution in [2.75, 3.05) is 45.3 Å². The van der Waals surface area contributed by atoms with Gasteiger partial charge in [0.1, 0.15) is 17.2 Å². The molecule has 0 radical (unpaired) electrons. The largest absolute Gasteiger partial charge is 0.497 e. The first-order valence-corrected chi connectivity index (χ1v) is 9.73. The van der Waals surface area contributed by atoms with Crippen LogP contribution in [0.15, 0.2) is 36.4 Å². The van der Waals surface area contributed by atoms with Gasteiger partial charge in [-0.15, -0.1) is 0 Å². The highest BCUT2D eigenvalue weighted by molar-refractivity contribution is 5.80. The van der Waals surface area contributed by atoms with E-state index < -0.39 is 22.4 Å². The van der Waals surface area contributed by atoms with Crippen LogP contribution in [0.25, 0.3) is 0 Å². The molecule has 0 spiro atoms. The number of anilines is 1. The first kappa shape index (κ1) is 23.2. The summed E-state index contributed by atoms with van der Waals surface area (Å²) in [6, 6.07) is 7.65. The summed E-state index contributed by atoms with van der Waals surface area (Å²) in [7, 11) is 3.03. The van der Waals surface area contributed by atoms with Crippen molar-refractivity contribution in [3.8, 4) is 11.5 Å². The molecule has 0 N–H and O–H groups in total. The van der Waals surface area contributed by atoms with Gasteiger partial charge in [-0.25, -0.2) is 0 Å². The molecule has 2 aromatic carbocycles. The second-order valence-corrected chi connectivity index (χ2v) is 7.18. The van der Waals surface area contributed by atoms with E-state index in [0.717, 1.165) is 12.1 Å². The van der Waals surface area contributed by atoms with Gasteiger partial charge in [0.15, 0.2) is 0 Å². The van der Waals surface area contributed by atoms with Crippen LogP contribution in [0, 0.1) is 10.1 Å². The third-order valence-electron chi connectivity index (χ3n) is 5.31. The molecule has 8 nitrogen and oxygen atoms in total. The van der Waals surface area contributed by atoms with Crippen LogP contribution in [0.5, 0.6) is 11.5 Å². The highest BCUT2D eigenvalue weighted by Crippen LogP contribution is 2.37. The van der Waals surface area contributed by atoms with Crippen molar-refractivity contribution in [2.45, 2.75) is 12.6 Å². The van der Waals surface area contributed by atoms with Crippen LogP contribution in [0.3, 0.4) is 0 Å². The zero-order valence-corrected chi connectivity index (χ0v) is 17.5. The molecule has 0 unspecified atom stereocenters. The number of alkyl halides is 3. The Morgan fingerprint density at radius 1 is 1.06 bits per heavy atom. The van der Waals surface area contributed by atoms with E-state index in [0.29, 0.717) is 23.1 Å². The van der Waals surface area contributed by atoms with E-state index >= 15 is 0 Å². The quantitative estimate of drug-likeness (QED) is 0.492. The van der Waals surface area contributed by atoms with Crippen LogP contribution in [-0.4, -0.2) is 56.1 Å². The minimum atomic E-state index is -4.67. The maximum atomic E-state index is 12.9. The zero-order valence-electron chi connectivity index (χ0n) is 17.5. The first-order chi connectivity index (χ1) is 15.1. The Balaban J connectivity index is 1.69. The van der Waals surface area contributed by atoms with Crippen molar-refractivity contribution >= 4 is 17.3 Å². The minimum Gasteiger partial charge on any atom is -0.497 e. The number of benzene rings is 2. The van der Waals surface area contributed by atoms with Gasteiger partial charge in [-0.2, -0.15) is 13.2 Å². The topological polar surface area (TPSA) is 85.2 Å². The van der Waals surface area contributed by atoms with Crippen molar-refractivity contribution in [1.29, 1.82) is 0 Å². The monoisotopic (exact) mass is 453 g/mol. The second kappa shape index (κ2) is 9.33. The van der Waals surface area contributed by atoms with Crippen LogP contribution in [-0.2, 0) is 17.4 Å². The number of nitro groups is 1. The molecule has 1 aliphatic rings. The van der Waals surface area contributed by atoms with Crippen LogP contribution in [0.1, 0.15) is 11.1 Å². The molecule has 0 saturated carbocycles. The Hall–Kier alpha value is -3.50. The number of hydrogen-bond acceptors (Lipinski definition) is 6. The molecule has 2 aromatic rings. The number of methoxy groups -OCH3 is 2. The third kappa shape index (κ3) is 5.04. The van der Waals surface area contributed by atoms with Gasteiger partial charge in [0.25, 0.3) is 5.69 Å². The third-order valence-corrected chi connectivity index (χ3v) is 5.31. The molecule has 1 amide bonds. The lowest BCUT2D eigenvalue weighted by Gasteiger charge is -2.36. The number of halogens is 3. The van der Waals surface area contributed by atoms with Crippen molar-refractivity contribution in [3.63, 3.8) is 0 Å².